The molecule has 0 amide bonds. The van der Waals surface area contributed by atoms with Crippen molar-refractivity contribution in [2.75, 3.05) is 18.4 Å². The molecule has 1 fully saturated rings. The van der Waals surface area contributed by atoms with Gasteiger partial charge in [-0.15, -0.1) is 0 Å². The summed E-state index contributed by atoms with van der Waals surface area (Å²) in [4.78, 5) is 8.66. The van der Waals surface area contributed by atoms with Crippen molar-refractivity contribution in [3.63, 3.8) is 0 Å². The molecule has 0 unspecified atom stereocenters. The Kier molecular flexibility index (Phi) is 5.58. The maximum atomic E-state index is 4.38. The summed E-state index contributed by atoms with van der Waals surface area (Å²) in [7, 11) is 0. The molecule has 2 N–H and O–H groups in total. The Morgan fingerprint density at radius 2 is 1.79 bits per heavy atom. The summed E-state index contributed by atoms with van der Waals surface area (Å²) in [5.41, 5.74) is 1.02. The molecule has 106 valence electrons. The van der Waals surface area contributed by atoms with Gasteiger partial charge < -0.3 is 10.6 Å². The van der Waals surface area contributed by atoms with Gasteiger partial charge in [0.1, 0.15) is 11.6 Å². The van der Waals surface area contributed by atoms with Crippen molar-refractivity contribution in [1.82, 2.24) is 15.3 Å². The fourth-order valence-electron chi connectivity index (χ4n) is 2.76. The summed E-state index contributed by atoms with van der Waals surface area (Å²) < 4.78 is 0. The van der Waals surface area contributed by atoms with Gasteiger partial charge in [0.15, 0.2) is 0 Å². The summed E-state index contributed by atoms with van der Waals surface area (Å²) in [6.45, 7) is 5.87. The monoisotopic (exact) mass is 262 g/mol. The van der Waals surface area contributed by atoms with Crippen LogP contribution in [0.15, 0.2) is 6.07 Å². The maximum absolute atomic E-state index is 4.38. The van der Waals surface area contributed by atoms with Crippen molar-refractivity contribution in [3.05, 3.63) is 17.6 Å². The number of hydrogen-bond acceptors (Lipinski definition) is 4. The van der Waals surface area contributed by atoms with Crippen LogP contribution in [0.1, 0.15) is 50.0 Å². The molecule has 0 atom stereocenters. The number of aromatic nitrogens is 2. The third-order valence-corrected chi connectivity index (χ3v) is 3.69. The van der Waals surface area contributed by atoms with E-state index in [2.05, 4.69) is 20.6 Å². The second kappa shape index (κ2) is 7.43. The molecule has 1 heterocycles. The lowest BCUT2D eigenvalue weighted by atomic mass is 10.1. The molecule has 0 spiro atoms. The standard InChI is InChI=1S/C15H26N4/c1-12-11-15(19-13(2)18-12)17-10-9-16-14-7-5-3-4-6-8-14/h11,14,16H,3-10H2,1-2H3,(H,17,18,19). The highest BCUT2D eigenvalue weighted by Gasteiger charge is 2.10. The number of nitrogens with one attached hydrogen (secondary N) is 2. The van der Waals surface area contributed by atoms with Crippen LogP contribution in [0.4, 0.5) is 5.82 Å². The van der Waals surface area contributed by atoms with Crippen molar-refractivity contribution in [1.29, 1.82) is 0 Å². The van der Waals surface area contributed by atoms with Gasteiger partial charge in [0.25, 0.3) is 0 Å². The zero-order chi connectivity index (χ0) is 13.5. The molecule has 0 aliphatic heterocycles. The molecule has 1 aromatic heterocycles. The SMILES string of the molecule is Cc1cc(NCCNC2CCCCCC2)nc(C)n1. The van der Waals surface area contributed by atoms with Crippen LogP contribution in [0.2, 0.25) is 0 Å². The fourth-order valence-corrected chi connectivity index (χ4v) is 2.76. The number of aryl methyl sites for hydroxylation is 2. The first-order valence-corrected chi connectivity index (χ1v) is 7.53. The van der Waals surface area contributed by atoms with E-state index in [0.29, 0.717) is 0 Å². The Balaban J connectivity index is 1.68. The highest BCUT2D eigenvalue weighted by atomic mass is 15.0. The van der Waals surface area contributed by atoms with E-state index in [1.165, 1.54) is 38.5 Å². The van der Waals surface area contributed by atoms with Crippen LogP contribution in [0, 0.1) is 13.8 Å². The molecule has 1 saturated carbocycles. The Morgan fingerprint density at radius 3 is 2.47 bits per heavy atom. The lowest BCUT2D eigenvalue weighted by Gasteiger charge is -2.16. The van der Waals surface area contributed by atoms with Crippen LogP contribution < -0.4 is 10.6 Å². The van der Waals surface area contributed by atoms with Crippen LogP contribution in [0.25, 0.3) is 0 Å². The quantitative estimate of drug-likeness (QED) is 0.633. The van der Waals surface area contributed by atoms with E-state index in [0.717, 1.165) is 36.5 Å². The molecule has 0 bridgehead atoms. The molecule has 0 aromatic carbocycles. The minimum absolute atomic E-state index is 0.721. The molecule has 1 aromatic rings. The Bertz CT molecular complexity index is 363. The van der Waals surface area contributed by atoms with E-state index in [4.69, 9.17) is 0 Å². The summed E-state index contributed by atoms with van der Waals surface area (Å²) in [5, 5.41) is 7.02. The van der Waals surface area contributed by atoms with Crippen molar-refractivity contribution in [3.8, 4) is 0 Å². The first kappa shape index (κ1) is 14.3. The van der Waals surface area contributed by atoms with Gasteiger partial charge in [-0.2, -0.15) is 0 Å². The molecule has 4 heteroatoms. The number of hydrogen-bond donors (Lipinski definition) is 2. The molecular weight excluding hydrogens is 236 g/mol. The summed E-state index contributed by atoms with van der Waals surface area (Å²) >= 11 is 0. The Morgan fingerprint density at radius 1 is 1.05 bits per heavy atom. The summed E-state index contributed by atoms with van der Waals surface area (Å²) in [5.74, 6) is 1.77. The lowest BCUT2D eigenvalue weighted by Crippen LogP contribution is -2.32. The Hall–Kier alpha value is -1.16. The second-order valence-corrected chi connectivity index (χ2v) is 5.51. The van der Waals surface area contributed by atoms with E-state index in [1.807, 2.05) is 19.9 Å². The largest absolute Gasteiger partial charge is 0.369 e. The molecule has 1 aliphatic rings. The Labute approximate surface area is 116 Å². The van der Waals surface area contributed by atoms with Crippen LogP contribution in [-0.2, 0) is 0 Å². The number of rotatable bonds is 5. The van der Waals surface area contributed by atoms with Crippen LogP contribution >= 0.6 is 0 Å². The van der Waals surface area contributed by atoms with Gasteiger partial charge in [0.05, 0.1) is 0 Å². The minimum atomic E-state index is 0.721. The van der Waals surface area contributed by atoms with E-state index in [1.54, 1.807) is 0 Å². The van der Waals surface area contributed by atoms with Crippen LogP contribution in [0.5, 0.6) is 0 Å². The zero-order valence-electron chi connectivity index (χ0n) is 12.2. The van der Waals surface area contributed by atoms with Crippen molar-refractivity contribution in [2.24, 2.45) is 0 Å². The van der Waals surface area contributed by atoms with Gasteiger partial charge in [0, 0.05) is 30.9 Å². The fraction of sp³-hybridized carbons (Fsp3) is 0.733. The molecule has 4 nitrogen and oxygen atoms in total. The molecule has 1 aliphatic carbocycles. The van der Waals surface area contributed by atoms with Crippen LogP contribution in [-0.4, -0.2) is 29.1 Å². The van der Waals surface area contributed by atoms with Gasteiger partial charge >= 0.3 is 0 Å². The average molecular weight is 262 g/mol. The average Bonchev–Trinajstić information content (AvgIpc) is 2.62. The van der Waals surface area contributed by atoms with Gasteiger partial charge in [-0.05, 0) is 26.7 Å². The van der Waals surface area contributed by atoms with Crippen LogP contribution in [0.3, 0.4) is 0 Å². The van der Waals surface area contributed by atoms with E-state index >= 15 is 0 Å². The smallest absolute Gasteiger partial charge is 0.129 e. The first-order chi connectivity index (χ1) is 9.24. The zero-order valence-corrected chi connectivity index (χ0v) is 12.2. The summed E-state index contributed by atoms with van der Waals surface area (Å²) in [6.07, 6.45) is 8.27. The van der Waals surface area contributed by atoms with Gasteiger partial charge in [0.2, 0.25) is 0 Å². The highest BCUT2D eigenvalue weighted by Crippen LogP contribution is 2.16. The molecule has 0 saturated heterocycles. The van der Waals surface area contributed by atoms with Crippen molar-refractivity contribution < 1.29 is 0 Å². The predicted octanol–water partition coefficient (Wildman–Crippen LogP) is 2.82. The topological polar surface area (TPSA) is 49.8 Å². The van der Waals surface area contributed by atoms with E-state index < -0.39 is 0 Å². The van der Waals surface area contributed by atoms with Gasteiger partial charge in [-0.3, -0.25) is 0 Å². The van der Waals surface area contributed by atoms with Crippen molar-refractivity contribution >= 4 is 5.82 Å². The second-order valence-electron chi connectivity index (χ2n) is 5.51. The third kappa shape index (κ3) is 5.15. The third-order valence-electron chi connectivity index (χ3n) is 3.69. The lowest BCUT2D eigenvalue weighted by molar-refractivity contribution is 0.468. The van der Waals surface area contributed by atoms with Gasteiger partial charge in [-0.1, -0.05) is 25.7 Å². The van der Waals surface area contributed by atoms with Crippen molar-refractivity contribution in [2.45, 2.75) is 58.4 Å². The maximum Gasteiger partial charge on any atom is 0.129 e. The normalized spacial score (nSPS) is 17.2. The first-order valence-electron chi connectivity index (χ1n) is 7.53. The van der Waals surface area contributed by atoms with E-state index in [9.17, 15) is 0 Å². The van der Waals surface area contributed by atoms with Gasteiger partial charge in [-0.25, -0.2) is 9.97 Å². The molecule has 0 radical (unpaired) electrons. The number of anilines is 1. The highest BCUT2D eigenvalue weighted by molar-refractivity contribution is 5.35. The molecular formula is C15H26N4. The predicted molar refractivity (Wildman–Crippen MR) is 79.5 cm³/mol. The summed E-state index contributed by atoms with van der Waals surface area (Å²) in [6, 6.07) is 2.72. The van der Waals surface area contributed by atoms with E-state index in [-0.39, 0.29) is 0 Å². The molecule has 2 rings (SSSR count). The number of nitrogens with zero attached hydrogens (tertiary/aromatic N) is 2. The minimum Gasteiger partial charge on any atom is -0.369 e. The molecule has 19 heavy (non-hydrogen) atoms.